The topological polar surface area (TPSA) is 41.6 Å². The minimum atomic E-state index is -0.622. The normalized spacial score (nSPS) is 12.3. The van der Waals surface area contributed by atoms with Gasteiger partial charge < -0.3 is 0 Å². The third kappa shape index (κ3) is 3.39. The Morgan fingerprint density at radius 3 is 2.57 bits per heavy atom. The molecule has 3 rings (SSSR count). The van der Waals surface area contributed by atoms with Crippen LogP contribution < -0.4 is 0 Å². The smallest absolute Gasteiger partial charge is 0.209 e. The van der Waals surface area contributed by atoms with Crippen LogP contribution in [-0.4, -0.2) is 15.2 Å². The number of rotatable bonds is 4. The molecule has 0 radical (unpaired) electrons. The van der Waals surface area contributed by atoms with Gasteiger partial charge >= 0.3 is 0 Å². The van der Waals surface area contributed by atoms with Crippen molar-refractivity contribution in [2.45, 2.75) is 17.3 Å². The quantitative estimate of drug-likeness (QED) is 0.700. The summed E-state index contributed by atoms with van der Waals surface area (Å²) >= 11 is 1.20. The number of thioether (sulfide) groups is 1. The van der Waals surface area contributed by atoms with E-state index in [1.54, 1.807) is 25.1 Å². The van der Waals surface area contributed by atoms with Gasteiger partial charge in [-0.05, 0) is 25.1 Å². The molecule has 1 N–H and O–H groups in total. The van der Waals surface area contributed by atoms with Crippen LogP contribution in [-0.2, 0) is 0 Å². The first-order chi connectivity index (χ1) is 11.0. The third-order valence-electron chi connectivity index (χ3n) is 3.28. The molecule has 0 saturated heterocycles. The SMILES string of the molecule is CC(Sc1n[nH]c(-c2ccccc2F)n1)c1ccc(F)cc1F. The highest BCUT2D eigenvalue weighted by Gasteiger charge is 2.17. The molecule has 2 aromatic carbocycles. The zero-order valence-corrected chi connectivity index (χ0v) is 12.9. The average molecular weight is 335 g/mol. The van der Waals surface area contributed by atoms with Crippen LogP contribution in [0.3, 0.4) is 0 Å². The molecule has 0 amide bonds. The zero-order valence-electron chi connectivity index (χ0n) is 12.1. The average Bonchev–Trinajstić information content (AvgIpc) is 2.95. The van der Waals surface area contributed by atoms with Crippen molar-refractivity contribution < 1.29 is 13.2 Å². The first-order valence-electron chi connectivity index (χ1n) is 6.83. The maximum absolute atomic E-state index is 13.8. The Labute approximate surface area is 135 Å². The summed E-state index contributed by atoms with van der Waals surface area (Å²) in [6, 6.07) is 9.66. The minimum Gasteiger partial charge on any atom is -0.258 e. The maximum Gasteiger partial charge on any atom is 0.209 e. The van der Waals surface area contributed by atoms with Gasteiger partial charge in [0.05, 0.1) is 5.56 Å². The maximum atomic E-state index is 13.8. The summed E-state index contributed by atoms with van der Waals surface area (Å²) in [6.07, 6.45) is 0. The predicted molar refractivity (Wildman–Crippen MR) is 82.4 cm³/mol. The van der Waals surface area contributed by atoms with Gasteiger partial charge in [-0.25, -0.2) is 18.2 Å². The number of nitrogens with zero attached hydrogens (tertiary/aromatic N) is 2. The van der Waals surface area contributed by atoms with Gasteiger partial charge in [-0.2, -0.15) is 0 Å². The number of nitrogens with one attached hydrogen (secondary N) is 1. The van der Waals surface area contributed by atoms with E-state index in [0.29, 0.717) is 22.1 Å². The molecule has 0 spiro atoms. The van der Waals surface area contributed by atoms with Crippen LogP contribution in [0.1, 0.15) is 17.7 Å². The highest BCUT2D eigenvalue weighted by atomic mass is 32.2. The second-order valence-electron chi connectivity index (χ2n) is 4.87. The molecule has 0 aliphatic carbocycles. The lowest BCUT2D eigenvalue weighted by Gasteiger charge is -2.10. The van der Waals surface area contributed by atoms with Gasteiger partial charge in [0, 0.05) is 16.9 Å². The fourth-order valence-electron chi connectivity index (χ4n) is 2.13. The van der Waals surface area contributed by atoms with Gasteiger partial charge in [-0.1, -0.05) is 30.0 Å². The van der Waals surface area contributed by atoms with Crippen molar-refractivity contribution in [2.75, 3.05) is 0 Å². The standard InChI is InChI=1S/C16H12F3N3S/c1-9(11-7-6-10(17)8-14(11)19)23-16-20-15(21-22-16)12-4-2-3-5-13(12)18/h2-9H,1H3,(H,20,21,22). The van der Waals surface area contributed by atoms with Crippen LogP contribution in [0.4, 0.5) is 13.2 Å². The van der Waals surface area contributed by atoms with E-state index in [-0.39, 0.29) is 5.25 Å². The third-order valence-corrected chi connectivity index (χ3v) is 4.28. The molecule has 1 aromatic heterocycles. The van der Waals surface area contributed by atoms with Gasteiger partial charge in [-0.15, -0.1) is 5.10 Å². The Balaban J connectivity index is 1.80. The van der Waals surface area contributed by atoms with E-state index in [9.17, 15) is 13.2 Å². The monoisotopic (exact) mass is 335 g/mol. The lowest BCUT2D eigenvalue weighted by molar-refractivity contribution is 0.572. The van der Waals surface area contributed by atoms with Gasteiger partial charge in [0.15, 0.2) is 5.82 Å². The van der Waals surface area contributed by atoms with E-state index in [1.807, 2.05) is 0 Å². The van der Waals surface area contributed by atoms with E-state index in [1.165, 1.54) is 30.0 Å². The van der Waals surface area contributed by atoms with E-state index >= 15 is 0 Å². The van der Waals surface area contributed by atoms with Crippen LogP contribution in [0.15, 0.2) is 47.6 Å². The Bertz CT molecular complexity index is 835. The van der Waals surface area contributed by atoms with Crippen molar-refractivity contribution in [3.8, 4) is 11.4 Å². The van der Waals surface area contributed by atoms with Crippen molar-refractivity contribution in [2.24, 2.45) is 0 Å². The molecular weight excluding hydrogens is 323 g/mol. The Hall–Kier alpha value is -2.28. The number of benzene rings is 2. The summed E-state index contributed by atoms with van der Waals surface area (Å²) in [5, 5.41) is 6.72. The number of halogens is 3. The molecule has 3 aromatic rings. The molecule has 23 heavy (non-hydrogen) atoms. The van der Waals surface area contributed by atoms with E-state index in [2.05, 4.69) is 15.2 Å². The van der Waals surface area contributed by atoms with Crippen LogP contribution in [0.25, 0.3) is 11.4 Å². The van der Waals surface area contributed by atoms with Crippen LogP contribution >= 0.6 is 11.8 Å². The molecule has 0 aliphatic heterocycles. The molecule has 118 valence electrons. The number of hydrogen-bond acceptors (Lipinski definition) is 3. The fourth-order valence-corrected chi connectivity index (χ4v) is 3.00. The molecule has 0 fully saturated rings. The van der Waals surface area contributed by atoms with E-state index in [0.717, 1.165) is 6.07 Å². The second-order valence-corrected chi connectivity index (χ2v) is 6.18. The Kier molecular flexibility index (Phi) is 4.38. The molecule has 1 heterocycles. The van der Waals surface area contributed by atoms with Crippen molar-refractivity contribution in [3.63, 3.8) is 0 Å². The summed E-state index contributed by atoms with van der Waals surface area (Å²) in [7, 11) is 0. The molecule has 0 saturated carbocycles. The summed E-state index contributed by atoms with van der Waals surface area (Å²) in [5.74, 6) is -1.34. The van der Waals surface area contributed by atoms with E-state index in [4.69, 9.17) is 0 Å². The lowest BCUT2D eigenvalue weighted by atomic mass is 10.1. The van der Waals surface area contributed by atoms with Gasteiger partial charge in [-0.3, -0.25) is 5.10 Å². The molecule has 1 atom stereocenters. The summed E-state index contributed by atoms with van der Waals surface area (Å²) in [6.45, 7) is 1.76. The fraction of sp³-hybridized carbons (Fsp3) is 0.125. The van der Waals surface area contributed by atoms with Gasteiger partial charge in [0.1, 0.15) is 17.5 Å². The van der Waals surface area contributed by atoms with Crippen LogP contribution in [0.5, 0.6) is 0 Å². The summed E-state index contributed by atoms with van der Waals surface area (Å²) in [4.78, 5) is 4.21. The molecule has 3 nitrogen and oxygen atoms in total. The molecule has 1 unspecified atom stereocenters. The summed E-state index contributed by atoms with van der Waals surface area (Å²) < 4.78 is 40.5. The predicted octanol–water partition coefficient (Wildman–Crippen LogP) is 4.74. The molecule has 0 bridgehead atoms. The lowest BCUT2D eigenvalue weighted by Crippen LogP contribution is -1.95. The molecular formula is C16H12F3N3S. The Morgan fingerprint density at radius 2 is 1.83 bits per heavy atom. The van der Waals surface area contributed by atoms with Crippen molar-refractivity contribution in [1.29, 1.82) is 0 Å². The molecule has 0 aliphatic rings. The highest BCUT2D eigenvalue weighted by molar-refractivity contribution is 7.99. The first kappa shape index (κ1) is 15.6. The number of H-pyrrole nitrogens is 1. The zero-order chi connectivity index (χ0) is 16.4. The largest absolute Gasteiger partial charge is 0.258 e. The minimum absolute atomic E-state index is 0.303. The van der Waals surface area contributed by atoms with Crippen molar-refractivity contribution in [1.82, 2.24) is 15.2 Å². The molecule has 7 heteroatoms. The summed E-state index contributed by atoms with van der Waals surface area (Å²) in [5.41, 5.74) is 0.668. The van der Waals surface area contributed by atoms with Crippen LogP contribution in [0, 0.1) is 17.5 Å². The highest BCUT2D eigenvalue weighted by Crippen LogP contribution is 2.35. The second kappa shape index (κ2) is 6.45. The van der Waals surface area contributed by atoms with Gasteiger partial charge in [0.25, 0.3) is 0 Å². The van der Waals surface area contributed by atoms with Crippen molar-refractivity contribution >= 4 is 11.8 Å². The van der Waals surface area contributed by atoms with E-state index < -0.39 is 17.5 Å². The number of aromatic nitrogens is 3. The number of hydrogen-bond donors (Lipinski definition) is 1. The number of aromatic amines is 1. The van der Waals surface area contributed by atoms with Gasteiger partial charge in [0.2, 0.25) is 5.16 Å². The van der Waals surface area contributed by atoms with Crippen LogP contribution in [0.2, 0.25) is 0 Å². The van der Waals surface area contributed by atoms with Crippen molar-refractivity contribution in [3.05, 3.63) is 65.5 Å². The Morgan fingerprint density at radius 1 is 1.04 bits per heavy atom. The first-order valence-corrected chi connectivity index (χ1v) is 7.71.